The molecule has 0 radical (unpaired) electrons. The van der Waals surface area contributed by atoms with Crippen LogP contribution in [0.3, 0.4) is 0 Å². The average Bonchev–Trinajstić information content (AvgIpc) is 2.76. The number of hydrogen-bond donors (Lipinski definition) is 0. The number of rotatable bonds is 4. The second kappa shape index (κ2) is 7.36. The predicted molar refractivity (Wildman–Crippen MR) is 88.9 cm³/mol. The fourth-order valence-electron chi connectivity index (χ4n) is 2.26. The van der Waals surface area contributed by atoms with Gasteiger partial charge in [-0.1, -0.05) is 29.3 Å². The van der Waals surface area contributed by atoms with Crippen molar-refractivity contribution in [2.75, 3.05) is 6.61 Å². The molecule has 0 N–H and O–H groups in total. The monoisotopic (exact) mass is 440 g/mol. The highest BCUT2D eigenvalue weighted by molar-refractivity contribution is 9.10. The first-order chi connectivity index (χ1) is 11.2. The first kappa shape index (κ1) is 19.1. The Bertz CT molecular complexity index is 792. The van der Waals surface area contributed by atoms with Gasteiger partial charge in [0.2, 0.25) is 0 Å². The van der Waals surface area contributed by atoms with Crippen LogP contribution in [-0.4, -0.2) is 11.2 Å². The minimum absolute atomic E-state index is 0.0410. The van der Waals surface area contributed by atoms with Crippen LogP contribution in [0, 0.1) is 11.3 Å². The summed E-state index contributed by atoms with van der Waals surface area (Å²) in [6, 6.07) is 6.33. The van der Waals surface area contributed by atoms with Crippen LogP contribution in [0.4, 0.5) is 13.2 Å². The second-order valence-electron chi connectivity index (χ2n) is 4.64. The molecule has 0 aliphatic carbocycles. The normalized spacial score (nSPS) is 11.6. The molecule has 0 saturated carbocycles. The molecule has 1 heterocycles. The molecule has 0 saturated heterocycles. The van der Waals surface area contributed by atoms with Crippen molar-refractivity contribution in [3.63, 3.8) is 0 Å². The summed E-state index contributed by atoms with van der Waals surface area (Å²) < 4.78 is 46.1. The van der Waals surface area contributed by atoms with Gasteiger partial charge < -0.3 is 9.30 Å². The Labute approximate surface area is 154 Å². The standard InChI is InChI=1S/C15H10BrCl2F3N2O/c1-2-24-7-23-13(11-9(17)4-3-5-10(11)18)8(6-22)12(16)14(23)15(19,20)21/h3-5H,2,7H2,1H3. The lowest BCUT2D eigenvalue weighted by Gasteiger charge is -2.16. The summed E-state index contributed by atoms with van der Waals surface area (Å²) in [5.74, 6) is 0. The van der Waals surface area contributed by atoms with Gasteiger partial charge in [-0.15, -0.1) is 0 Å². The van der Waals surface area contributed by atoms with E-state index in [0.717, 1.165) is 4.57 Å². The molecule has 0 atom stereocenters. The maximum atomic E-state index is 13.5. The largest absolute Gasteiger partial charge is 0.432 e. The molecular formula is C15H10BrCl2F3N2O. The van der Waals surface area contributed by atoms with Crippen LogP contribution in [0.5, 0.6) is 0 Å². The average molecular weight is 442 g/mol. The van der Waals surface area contributed by atoms with Gasteiger partial charge in [0, 0.05) is 12.2 Å². The molecule has 0 unspecified atom stereocenters. The number of ether oxygens (including phenoxy) is 1. The number of nitrogens with zero attached hydrogens (tertiary/aromatic N) is 2. The maximum absolute atomic E-state index is 13.5. The molecule has 2 rings (SSSR count). The summed E-state index contributed by atoms with van der Waals surface area (Å²) in [5.41, 5.74) is -1.13. The summed E-state index contributed by atoms with van der Waals surface area (Å²) in [6.45, 7) is 1.45. The van der Waals surface area contributed by atoms with Crippen molar-refractivity contribution in [2.45, 2.75) is 19.8 Å². The molecular weight excluding hydrogens is 432 g/mol. The maximum Gasteiger partial charge on any atom is 0.432 e. The van der Waals surface area contributed by atoms with E-state index >= 15 is 0 Å². The summed E-state index contributed by atoms with van der Waals surface area (Å²) in [6.07, 6.45) is -4.70. The van der Waals surface area contributed by atoms with Gasteiger partial charge in [0.25, 0.3) is 0 Å². The first-order valence-corrected chi connectivity index (χ1v) is 8.20. The molecule has 1 aromatic carbocycles. The smallest absolute Gasteiger partial charge is 0.361 e. The Hall–Kier alpha value is -1.20. The van der Waals surface area contributed by atoms with E-state index in [4.69, 9.17) is 27.9 Å². The minimum Gasteiger partial charge on any atom is -0.361 e. The van der Waals surface area contributed by atoms with Crippen molar-refractivity contribution in [3.8, 4) is 17.3 Å². The zero-order valence-electron chi connectivity index (χ0n) is 12.2. The Morgan fingerprint density at radius 2 is 1.88 bits per heavy atom. The molecule has 2 aromatic rings. The van der Waals surface area contributed by atoms with Gasteiger partial charge in [-0.25, -0.2) is 0 Å². The molecule has 24 heavy (non-hydrogen) atoms. The highest BCUT2D eigenvalue weighted by Crippen LogP contribution is 2.46. The van der Waals surface area contributed by atoms with Crippen molar-refractivity contribution in [2.24, 2.45) is 0 Å². The number of nitriles is 1. The van der Waals surface area contributed by atoms with Crippen molar-refractivity contribution in [1.29, 1.82) is 5.26 Å². The van der Waals surface area contributed by atoms with E-state index < -0.39 is 18.6 Å². The molecule has 0 aliphatic heterocycles. The number of halogens is 6. The van der Waals surface area contributed by atoms with Crippen LogP contribution in [-0.2, 0) is 17.6 Å². The number of aromatic nitrogens is 1. The number of hydrogen-bond acceptors (Lipinski definition) is 2. The van der Waals surface area contributed by atoms with Gasteiger partial charge in [-0.05, 0) is 35.0 Å². The summed E-state index contributed by atoms with van der Waals surface area (Å²) >= 11 is 15.1. The minimum atomic E-state index is -4.70. The van der Waals surface area contributed by atoms with E-state index in [0.29, 0.717) is 0 Å². The van der Waals surface area contributed by atoms with E-state index in [1.807, 2.05) is 0 Å². The topological polar surface area (TPSA) is 38.0 Å². The number of benzene rings is 1. The predicted octanol–water partition coefficient (Wildman–Crippen LogP) is 6.11. The summed E-state index contributed by atoms with van der Waals surface area (Å²) in [7, 11) is 0. The van der Waals surface area contributed by atoms with Crippen LogP contribution >= 0.6 is 39.1 Å². The lowest BCUT2D eigenvalue weighted by atomic mass is 10.1. The quantitative estimate of drug-likeness (QED) is 0.574. The zero-order valence-corrected chi connectivity index (χ0v) is 15.3. The third-order valence-electron chi connectivity index (χ3n) is 3.21. The lowest BCUT2D eigenvalue weighted by molar-refractivity contribution is -0.146. The third kappa shape index (κ3) is 3.42. The zero-order chi connectivity index (χ0) is 18.1. The van der Waals surface area contributed by atoms with Crippen molar-refractivity contribution in [1.82, 2.24) is 4.57 Å². The molecule has 0 spiro atoms. The SMILES string of the molecule is CCOCn1c(-c2c(Cl)cccc2Cl)c(C#N)c(Br)c1C(F)(F)F. The van der Waals surface area contributed by atoms with Crippen LogP contribution in [0.1, 0.15) is 18.2 Å². The van der Waals surface area contributed by atoms with Gasteiger partial charge in [-0.3, -0.25) is 0 Å². The highest BCUT2D eigenvalue weighted by atomic mass is 79.9. The van der Waals surface area contributed by atoms with Gasteiger partial charge in [0.15, 0.2) is 0 Å². The molecule has 128 valence electrons. The second-order valence-corrected chi connectivity index (χ2v) is 6.25. The first-order valence-electron chi connectivity index (χ1n) is 6.65. The fraction of sp³-hybridized carbons (Fsp3) is 0.267. The highest BCUT2D eigenvalue weighted by Gasteiger charge is 2.41. The third-order valence-corrected chi connectivity index (χ3v) is 4.61. The molecule has 9 heteroatoms. The fourth-order valence-corrected chi connectivity index (χ4v) is 3.55. The van der Waals surface area contributed by atoms with Crippen LogP contribution in [0.15, 0.2) is 22.7 Å². The molecule has 0 bridgehead atoms. The van der Waals surface area contributed by atoms with Gasteiger partial charge >= 0.3 is 6.18 Å². The van der Waals surface area contributed by atoms with Gasteiger partial charge in [-0.2, -0.15) is 18.4 Å². The van der Waals surface area contributed by atoms with Crippen molar-refractivity contribution in [3.05, 3.63) is 44.0 Å². The number of alkyl halides is 3. The Balaban J connectivity index is 2.91. The summed E-state index contributed by atoms with van der Waals surface area (Å²) in [4.78, 5) is 0. The van der Waals surface area contributed by atoms with Crippen LogP contribution in [0.25, 0.3) is 11.3 Å². The Morgan fingerprint density at radius 1 is 1.29 bits per heavy atom. The van der Waals surface area contributed by atoms with Crippen LogP contribution < -0.4 is 0 Å². The summed E-state index contributed by atoms with van der Waals surface area (Å²) in [5, 5.41) is 9.65. The van der Waals surface area contributed by atoms with E-state index in [-0.39, 0.29) is 37.9 Å². The van der Waals surface area contributed by atoms with Gasteiger partial charge in [0.1, 0.15) is 18.5 Å². The Kier molecular flexibility index (Phi) is 5.87. The van der Waals surface area contributed by atoms with Crippen molar-refractivity contribution < 1.29 is 17.9 Å². The van der Waals surface area contributed by atoms with E-state index in [1.165, 1.54) is 12.1 Å². The molecule has 3 nitrogen and oxygen atoms in total. The molecule has 0 fully saturated rings. The van der Waals surface area contributed by atoms with Crippen LogP contribution in [0.2, 0.25) is 10.0 Å². The lowest BCUT2D eigenvalue weighted by Crippen LogP contribution is -2.16. The van der Waals surface area contributed by atoms with Gasteiger partial charge in [0.05, 0.1) is 25.8 Å². The van der Waals surface area contributed by atoms with E-state index in [2.05, 4.69) is 15.9 Å². The molecule has 0 amide bonds. The molecule has 1 aromatic heterocycles. The molecule has 0 aliphatic rings. The van der Waals surface area contributed by atoms with E-state index in [1.54, 1.807) is 19.1 Å². The van der Waals surface area contributed by atoms with Crippen molar-refractivity contribution >= 4 is 39.1 Å². The Morgan fingerprint density at radius 3 is 2.33 bits per heavy atom. The van der Waals surface area contributed by atoms with E-state index in [9.17, 15) is 18.4 Å².